The van der Waals surface area contributed by atoms with Crippen LogP contribution >= 0.6 is 11.3 Å². The monoisotopic (exact) mass is 452 g/mol. The molecule has 3 heteroatoms. The van der Waals surface area contributed by atoms with Crippen molar-refractivity contribution >= 4 is 11.3 Å². The molecule has 2 nitrogen and oxygen atoms in total. The molecular weight excluding hydrogens is 400 g/mol. The summed E-state index contributed by atoms with van der Waals surface area (Å²) < 4.78 is 11.8. The third-order valence-electron chi connectivity index (χ3n) is 6.11. The van der Waals surface area contributed by atoms with Crippen LogP contribution in [0.1, 0.15) is 127 Å². The van der Waals surface area contributed by atoms with Gasteiger partial charge >= 0.3 is 0 Å². The molecule has 0 aliphatic rings. The highest BCUT2D eigenvalue weighted by molar-refractivity contribution is 7.10. The summed E-state index contributed by atoms with van der Waals surface area (Å²) in [5.74, 6) is 0. The van der Waals surface area contributed by atoms with Crippen molar-refractivity contribution in [3.8, 4) is 0 Å². The highest BCUT2D eigenvalue weighted by Gasteiger charge is 2.05. The van der Waals surface area contributed by atoms with Gasteiger partial charge in [-0.05, 0) is 36.3 Å². The highest BCUT2D eigenvalue weighted by atomic mass is 32.1. The Bertz CT molecular complexity index is 431. The molecule has 1 aromatic heterocycles. The topological polar surface area (TPSA) is 18.5 Å². The molecule has 0 N–H and O–H groups in total. The second-order valence-electron chi connectivity index (χ2n) is 9.04. The van der Waals surface area contributed by atoms with E-state index >= 15 is 0 Å². The van der Waals surface area contributed by atoms with Gasteiger partial charge in [0, 0.05) is 24.5 Å². The van der Waals surface area contributed by atoms with E-state index < -0.39 is 0 Å². The molecule has 0 aliphatic carbocycles. The molecule has 0 saturated heterocycles. The molecule has 0 radical (unpaired) electrons. The lowest BCUT2D eigenvalue weighted by Crippen LogP contribution is -2.04. The van der Waals surface area contributed by atoms with E-state index in [4.69, 9.17) is 9.47 Å². The number of ether oxygens (including phenoxy) is 2. The Hall–Kier alpha value is -0.380. The van der Waals surface area contributed by atoms with Crippen LogP contribution in [0, 0.1) is 0 Å². The zero-order valence-corrected chi connectivity index (χ0v) is 21.8. The second-order valence-corrected chi connectivity index (χ2v) is 10.0. The van der Waals surface area contributed by atoms with Crippen molar-refractivity contribution in [2.75, 3.05) is 26.4 Å². The summed E-state index contributed by atoms with van der Waals surface area (Å²) in [6.45, 7) is 8.14. The molecule has 0 aliphatic heterocycles. The maximum atomic E-state index is 5.89. The van der Waals surface area contributed by atoms with E-state index in [1.807, 2.05) is 11.3 Å². The van der Waals surface area contributed by atoms with Crippen LogP contribution in [0.4, 0.5) is 0 Å². The standard InChI is InChI=1S/C28H52O2S/c1-3-5-7-9-11-13-15-17-22-29-24-19-27-21-26-31-28(27)20-25-30-23-18-16-14-12-10-8-6-4-2/h21,26H,3-20,22-25H2,1-2H3. The van der Waals surface area contributed by atoms with Gasteiger partial charge in [0.15, 0.2) is 0 Å². The van der Waals surface area contributed by atoms with Crippen LogP contribution in [-0.4, -0.2) is 26.4 Å². The fraction of sp³-hybridized carbons (Fsp3) is 0.857. The fourth-order valence-electron chi connectivity index (χ4n) is 4.04. The van der Waals surface area contributed by atoms with Gasteiger partial charge in [0.2, 0.25) is 0 Å². The molecular formula is C28H52O2S. The Morgan fingerprint density at radius 1 is 0.548 bits per heavy atom. The van der Waals surface area contributed by atoms with Crippen LogP contribution in [-0.2, 0) is 22.3 Å². The van der Waals surface area contributed by atoms with Crippen LogP contribution in [0.2, 0.25) is 0 Å². The molecule has 0 saturated carbocycles. The number of rotatable bonds is 24. The average Bonchev–Trinajstić information content (AvgIpc) is 3.23. The molecule has 0 fully saturated rings. The molecule has 1 heterocycles. The summed E-state index contributed by atoms with van der Waals surface area (Å²) in [5, 5.41) is 2.22. The molecule has 0 unspecified atom stereocenters. The molecule has 0 atom stereocenters. The summed E-state index contributed by atoms with van der Waals surface area (Å²) >= 11 is 1.88. The largest absolute Gasteiger partial charge is 0.381 e. The summed E-state index contributed by atoms with van der Waals surface area (Å²) in [7, 11) is 0. The van der Waals surface area contributed by atoms with Gasteiger partial charge in [0.05, 0.1) is 13.2 Å². The summed E-state index contributed by atoms with van der Waals surface area (Å²) in [6.07, 6.45) is 23.9. The number of hydrogen-bond acceptors (Lipinski definition) is 3. The van der Waals surface area contributed by atoms with Crippen molar-refractivity contribution in [2.45, 2.75) is 129 Å². The van der Waals surface area contributed by atoms with Gasteiger partial charge in [-0.15, -0.1) is 11.3 Å². The lowest BCUT2D eigenvalue weighted by atomic mass is 10.1. The highest BCUT2D eigenvalue weighted by Crippen LogP contribution is 2.18. The minimum atomic E-state index is 0.860. The van der Waals surface area contributed by atoms with Crippen LogP contribution in [0.25, 0.3) is 0 Å². The molecule has 0 spiro atoms. The van der Waals surface area contributed by atoms with Crippen molar-refractivity contribution < 1.29 is 9.47 Å². The van der Waals surface area contributed by atoms with Gasteiger partial charge in [-0.2, -0.15) is 0 Å². The number of thiophene rings is 1. The number of unbranched alkanes of at least 4 members (excludes halogenated alkanes) is 14. The summed E-state index contributed by atoms with van der Waals surface area (Å²) in [5.41, 5.74) is 1.47. The fourth-order valence-corrected chi connectivity index (χ4v) is 4.96. The molecule has 31 heavy (non-hydrogen) atoms. The Balaban J connectivity index is 1.91. The zero-order chi connectivity index (χ0) is 22.2. The minimum Gasteiger partial charge on any atom is -0.381 e. The van der Waals surface area contributed by atoms with Gasteiger partial charge in [-0.3, -0.25) is 0 Å². The van der Waals surface area contributed by atoms with Crippen molar-refractivity contribution in [2.24, 2.45) is 0 Å². The maximum absolute atomic E-state index is 5.89. The quantitative estimate of drug-likeness (QED) is 0.146. The van der Waals surface area contributed by atoms with Gasteiger partial charge in [0.25, 0.3) is 0 Å². The first-order valence-corrected chi connectivity index (χ1v) is 14.5. The summed E-state index contributed by atoms with van der Waals surface area (Å²) in [6, 6.07) is 2.28. The third-order valence-corrected chi connectivity index (χ3v) is 7.13. The van der Waals surface area contributed by atoms with Crippen LogP contribution < -0.4 is 0 Å². The lowest BCUT2D eigenvalue weighted by Gasteiger charge is -2.07. The molecule has 1 rings (SSSR count). The van der Waals surface area contributed by atoms with Gasteiger partial charge in [-0.25, -0.2) is 0 Å². The first kappa shape index (κ1) is 28.7. The zero-order valence-electron chi connectivity index (χ0n) is 20.9. The Morgan fingerprint density at radius 3 is 1.52 bits per heavy atom. The SMILES string of the molecule is CCCCCCCCCCOCCc1ccsc1CCOCCCCCCCCCC. The second kappa shape index (κ2) is 22.8. The predicted molar refractivity (Wildman–Crippen MR) is 139 cm³/mol. The van der Waals surface area contributed by atoms with Crippen molar-refractivity contribution in [1.82, 2.24) is 0 Å². The van der Waals surface area contributed by atoms with Crippen LogP contribution in [0.15, 0.2) is 11.4 Å². The Morgan fingerprint density at radius 2 is 1.00 bits per heavy atom. The van der Waals surface area contributed by atoms with E-state index in [2.05, 4.69) is 25.3 Å². The normalized spacial score (nSPS) is 11.4. The van der Waals surface area contributed by atoms with Crippen molar-refractivity contribution in [3.63, 3.8) is 0 Å². The van der Waals surface area contributed by atoms with Gasteiger partial charge < -0.3 is 9.47 Å². The van der Waals surface area contributed by atoms with E-state index in [1.165, 1.54) is 113 Å². The predicted octanol–water partition coefficient (Wildman–Crippen LogP) is 9.15. The lowest BCUT2D eigenvalue weighted by molar-refractivity contribution is 0.130. The number of hydrogen-bond donors (Lipinski definition) is 0. The Labute approximate surface area is 198 Å². The van der Waals surface area contributed by atoms with E-state index in [0.717, 1.165) is 39.3 Å². The maximum Gasteiger partial charge on any atom is 0.0514 e. The first-order valence-electron chi connectivity index (χ1n) is 13.6. The summed E-state index contributed by atoms with van der Waals surface area (Å²) in [4.78, 5) is 1.49. The average molecular weight is 453 g/mol. The van der Waals surface area contributed by atoms with Gasteiger partial charge in [-0.1, -0.05) is 104 Å². The van der Waals surface area contributed by atoms with Crippen molar-refractivity contribution in [3.05, 3.63) is 21.9 Å². The molecule has 0 bridgehead atoms. The minimum absolute atomic E-state index is 0.860. The van der Waals surface area contributed by atoms with E-state index in [9.17, 15) is 0 Å². The molecule has 0 amide bonds. The molecule has 0 aromatic carbocycles. The smallest absolute Gasteiger partial charge is 0.0514 e. The first-order chi connectivity index (χ1) is 15.4. The van der Waals surface area contributed by atoms with Crippen LogP contribution in [0.3, 0.4) is 0 Å². The van der Waals surface area contributed by atoms with Crippen molar-refractivity contribution in [1.29, 1.82) is 0 Å². The third kappa shape index (κ3) is 17.8. The Kier molecular flexibility index (Phi) is 21.1. The van der Waals surface area contributed by atoms with Gasteiger partial charge in [0.1, 0.15) is 0 Å². The molecule has 182 valence electrons. The van der Waals surface area contributed by atoms with E-state index in [-0.39, 0.29) is 0 Å². The van der Waals surface area contributed by atoms with E-state index in [1.54, 1.807) is 0 Å². The van der Waals surface area contributed by atoms with E-state index in [0.29, 0.717) is 0 Å². The van der Waals surface area contributed by atoms with Crippen LogP contribution in [0.5, 0.6) is 0 Å². The molecule has 1 aromatic rings.